The summed E-state index contributed by atoms with van der Waals surface area (Å²) < 4.78 is 12.5. The van der Waals surface area contributed by atoms with Crippen molar-refractivity contribution in [2.45, 2.75) is 65.6 Å². The molecule has 3 aromatic rings. The van der Waals surface area contributed by atoms with E-state index >= 15 is 0 Å². The van der Waals surface area contributed by atoms with Crippen LogP contribution in [0.25, 0.3) is 11.0 Å². The second-order valence-corrected chi connectivity index (χ2v) is 8.99. The molecule has 3 rings (SSSR count). The first kappa shape index (κ1) is 27.0. The number of hydrogen-bond donors (Lipinski definition) is 1. The van der Waals surface area contributed by atoms with Gasteiger partial charge in [0.15, 0.2) is 11.5 Å². The molecule has 36 heavy (non-hydrogen) atoms. The number of ether oxygens (including phenoxy) is 2. The zero-order valence-corrected chi connectivity index (χ0v) is 22.2. The molecule has 2 unspecified atom stereocenters. The standard InChI is InChI=1S/C28H38N4O4/c1-7-19(3)32(20(4)8-2)27(33)18-31-23-12-10-9-11-22(23)30-26(31)15-16-29-28(34)21-13-14-24(35-5)25(17-21)36-6/h9-14,17,19-20H,7-8,15-16,18H2,1-6H3,(H,29,34). The number of fused-ring (bicyclic) bond motifs is 1. The molecule has 194 valence electrons. The van der Waals surface area contributed by atoms with Gasteiger partial charge in [0.1, 0.15) is 12.4 Å². The van der Waals surface area contributed by atoms with Gasteiger partial charge in [0.05, 0.1) is 25.3 Å². The first-order chi connectivity index (χ1) is 17.3. The van der Waals surface area contributed by atoms with Crippen LogP contribution in [0.15, 0.2) is 42.5 Å². The summed E-state index contributed by atoms with van der Waals surface area (Å²) in [5.41, 5.74) is 2.24. The Hall–Kier alpha value is -3.55. The average Bonchev–Trinajstić information content (AvgIpc) is 3.24. The molecular weight excluding hydrogens is 456 g/mol. The molecule has 0 saturated heterocycles. The number of para-hydroxylation sites is 2. The highest BCUT2D eigenvalue weighted by Crippen LogP contribution is 2.27. The predicted octanol–water partition coefficient (Wildman–Crippen LogP) is 4.45. The molecule has 1 N–H and O–H groups in total. The van der Waals surface area contributed by atoms with Crippen LogP contribution in [-0.2, 0) is 17.8 Å². The highest BCUT2D eigenvalue weighted by Gasteiger charge is 2.25. The van der Waals surface area contributed by atoms with E-state index in [0.717, 1.165) is 29.7 Å². The molecule has 0 fully saturated rings. The van der Waals surface area contributed by atoms with Crippen LogP contribution in [0.3, 0.4) is 0 Å². The monoisotopic (exact) mass is 494 g/mol. The third kappa shape index (κ3) is 5.98. The van der Waals surface area contributed by atoms with Crippen LogP contribution in [0.1, 0.15) is 56.7 Å². The van der Waals surface area contributed by atoms with Gasteiger partial charge in [0.25, 0.3) is 5.91 Å². The maximum Gasteiger partial charge on any atom is 0.251 e. The van der Waals surface area contributed by atoms with E-state index in [-0.39, 0.29) is 30.4 Å². The fourth-order valence-corrected chi connectivity index (χ4v) is 4.40. The van der Waals surface area contributed by atoms with E-state index in [1.807, 2.05) is 33.7 Å². The normalized spacial score (nSPS) is 12.7. The minimum Gasteiger partial charge on any atom is -0.493 e. The van der Waals surface area contributed by atoms with E-state index in [4.69, 9.17) is 14.5 Å². The fourth-order valence-electron chi connectivity index (χ4n) is 4.40. The summed E-state index contributed by atoms with van der Waals surface area (Å²) in [6, 6.07) is 13.2. The maximum atomic E-state index is 13.5. The molecule has 0 bridgehead atoms. The summed E-state index contributed by atoms with van der Waals surface area (Å²) in [5.74, 6) is 1.70. The Kier molecular flexibility index (Phi) is 9.33. The molecule has 0 spiro atoms. The van der Waals surface area contributed by atoms with Crippen molar-refractivity contribution >= 4 is 22.8 Å². The van der Waals surface area contributed by atoms with Crippen molar-refractivity contribution in [3.8, 4) is 11.5 Å². The van der Waals surface area contributed by atoms with E-state index < -0.39 is 0 Å². The number of rotatable bonds is 12. The number of carbonyl (C=O) groups excluding carboxylic acids is 2. The van der Waals surface area contributed by atoms with Gasteiger partial charge in [0.2, 0.25) is 5.91 Å². The molecule has 0 aliphatic rings. The van der Waals surface area contributed by atoms with Gasteiger partial charge in [-0.05, 0) is 57.0 Å². The van der Waals surface area contributed by atoms with E-state index in [1.165, 1.54) is 7.11 Å². The third-order valence-corrected chi connectivity index (χ3v) is 6.73. The van der Waals surface area contributed by atoms with E-state index in [9.17, 15) is 9.59 Å². The third-order valence-electron chi connectivity index (χ3n) is 6.73. The second kappa shape index (κ2) is 12.4. The number of methoxy groups -OCH3 is 2. The summed E-state index contributed by atoms with van der Waals surface area (Å²) in [6.07, 6.45) is 2.29. The number of hydrogen-bond acceptors (Lipinski definition) is 5. The average molecular weight is 495 g/mol. The summed E-state index contributed by atoms with van der Waals surface area (Å²) >= 11 is 0. The largest absolute Gasteiger partial charge is 0.493 e. The van der Waals surface area contributed by atoms with Gasteiger partial charge in [-0.25, -0.2) is 4.98 Å². The molecule has 2 atom stereocenters. The molecule has 0 saturated carbocycles. The summed E-state index contributed by atoms with van der Waals surface area (Å²) in [7, 11) is 3.09. The molecule has 8 nitrogen and oxygen atoms in total. The van der Waals surface area contributed by atoms with Crippen LogP contribution < -0.4 is 14.8 Å². The quantitative estimate of drug-likeness (QED) is 0.402. The number of benzene rings is 2. The molecule has 1 aromatic heterocycles. The lowest BCUT2D eigenvalue weighted by Gasteiger charge is -2.34. The highest BCUT2D eigenvalue weighted by atomic mass is 16.5. The smallest absolute Gasteiger partial charge is 0.251 e. The summed E-state index contributed by atoms with van der Waals surface area (Å²) in [6.45, 7) is 9.00. The molecule has 0 aliphatic carbocycles. The molecule has 2 aromatic carbocycles. The van der Waals surface area contributed by atoms with Crippen LogP contribution in [0.4, 0.5) is 0 Å². The van der Waals surface area contributed by atoms with Gasteiger partial charge in [0, 0.05) is 30.6 Å². The zero-order chi connectivity index (χ0) is 26.2. The van der Waals surface area contributed by atoms with Crippen LogP contribution in [-0.4, -0.2) is 59.1 Å². The van der Waals surface area contributed by atoms with Crippen LogP contribution in [0.2, 0.25) is 0 Å². The Bertz CT molecular complexity index is 1180. The van der Waals surface area contributed by atoms with Crippen molar-refractivity contribution < 1.29 is 19.1 Å². The fraction of sp³-hybridized carbons (Fsp3) is 0.464. The lowest BCUT2D eigenvalue weighted by atomic mass is 10.1. The van der Waals surface area contributed by atoms with Crippen molar-refractivity contribution in [3.05, 3.63) is 53.9 Å². The van der Waals surface area contributed by atoms with E-state index in [2.05, 4.69) is 33.0 Å². The molecule has 8 heteroatoms. The van der Waals surface area contributed by atoms with Crippen molar-refractivity contribution in [1.82, 2.24) is 19.8 Å². The van der Waals surface area contributed by atoms with Gasteiger partial charge in [-0.2, -0.15) is 0 Å². The van der Waals surface area contributed by atoms with Gasteiger partial charge in [-0.3, -0.25) is 9.59 Å². The Labute approximate surface area is 213 Å². The predicted molar refractivity (Wildman–Crippen MR) is 142 cm³/mol. The zero-order valence-electron chi connectivity index (χ0n) is 22.2. The number of imidazole rings is 1. The van der Waals surface area contributed by atoms with Gasteiger partial charge < -0.3 is 24.3 Å². The van der Waals surface area contributed by atoms with Crippen molar-refractivity contribution in [2.24, 2.45) is 0 Å². The topological polar surface area (TPSA) is 85.7 Å². The number of amides is 2. The lowest BCUT2D eigenvalue weighted by molar-refractivity contribution is -0.136. The number of aromatic nitrogens is 2. The lowest BCUT2D eigenvalue weighted by Crippen LogP contribution is -2.46. The molecule has 0 aliphatic heterocycles. The van der Waals surface area contributed by atoms with Gasteiger partial charge >= 0.3 is 0 Å². The van der Waals surface area contributed by atoms with Gasteiger partial charge in [-0.15, -0.1) is 0 Å². The first-order valence-corrected chi connectivity index (χ1v) is 12.6. The Balaban J connectivity index is 1.78. The van der Waals surface area contributed by atoms with Crippen LogP contribution in [0, 0.1) is 0 Å². The molecule has 2 amide bonds. The van der Waals surface area contributed by atoms with E-state index in [1.54, 1.807) is 25.3 Å². The van der Waals surface area contributed by atoms with E-state index in [0.29, 0.717) is 30.0 Å². The Morgan fingerprint density at radius 3 is 2.31 bits per heavy atom. The van der Waals surface area contributed by atoms with Crippen LogP contribution >= 0.6 is 0 Å². The first-order valence-electron chi connectivity index (χ1n) is 12.6. The van der Waals surface area contributed by atoms with Crippen molar-refractivity contribution in [2.75, 3.05) is 20.8 Å². The van der Waals surface area contributed by atoms with Crippen molar-refractivity contribution in [1.29, 1.82) is 0 Å². The Morgan fingerprint density at radius 1 is 1.00 bits per heavy atom. The molecular formula is C28H38N4O4. The minimum absolute atomic E-state index is 0.0810. The number of nitrogens with one attached hydrogen (secondary N) is 1. The number of carbonyl (C=O) groups is 2. The SMILES string of the molecule is CCC(C)N(C(=O)Cn1c(CCNC(=O)c2ccc(OC)c(OC)c2)nc2ccccc21)C(C)CC. The van der Waals surface area contributed by atoms with Gasteiger partial charge in [-0.1, -0.05) is 26.0 Å². The molecule has 0 radical (unpaired) electrons. The summed E-state index contributed by atoms with van der Waals surface area (Å²) in [4.78, 5) is 33.0. The second-order valence-electron chi connectivity index (χ2n) is 8.99. The summed E-state index contributed by atoms with van der Waals surface area (Å²) in [5, 5.41) is 2.95. The Morgan fingerprint density at radius 2 is 1.67 bits per heavy atom. The maximum absolute atomic E-state index is 13.5. The van der Waals surface area contributed by atoms with Crippen molar-refractivity contribution in [3.63, 3.8) is 0 Å². The van der Waals surface area contributed by atoms with Crippen LogP contribution in [0.5, 0.6) is 11.5 Å². The number of nitrogens with zero attached hydrogens (tertiary/aromatic N) is 3. The minimum atomic E-state index is -0.214. The highest BCUT2D eigenvalue weighted by molar-refractivity contribution is 5.94. The molecule has 1 heterocycles.